The average molecular weight is 511 g/mol. The molecule has 0 saturated heterocycles. The highest BCUT2D eigenvalue weighted by atomic mass is 79.9. The van der Waals surface area contributed by atoms with Crippen molar-refractivity contribution < 1.29 is 14.0 Å². The molecule has 6 heteroatoms. The molecule has 33 heavy (non-hydrogen) atoms. The number of carbonyl (C=O) groups excluding carboxylic acids is 2. The van der Waals surface area contributed by atoms with E-state index in [1.807, 2.05) is 61.5 Å². The summed E-state index contributed by atoms with van der Waals surface area (Å²) in [4.78, 5) is 28.3. The maximum absolute atomic E-state index is 14.3. The van der Waals surface area contributed by atoms with Gasteiger partial charge in [-0.1, -0.05) is 83.5 Å². The lowest BCUT2D eigenvalue weighted by molar-refractivity contribution is -0.140. The number of halogens is 2. The van der Waals surface area contributed by atoms with Crippen LogP contribution in [0.5, 0.6) is 0 Å². The van der Waals surface area contributed by atoms with E-state index < -0.39 is 11.9 Å². The van der Waals surface area contributed by atoms with Crippen LogP contribution in [0.2, 0.25) is 0 Å². The zero-order valence-electron chi connectivity index (χ0n) is 18.6. The fraction of sp³-hybridized carbons (Fsp3) is 0.259. The first-order chi connectivity index (χ1) is 16.0. The number of nitrogens with one attached hydrogen (secondary N) is 1. The van der Waals surface area contributed by atoms with Crippen LogP contribution in [0.25, 0.3) is 0 Å². The average Bonchev–Trinajstić information content (AvgIpc) is 2.83. The van der Waals surface area contributed by atoms with Crippen molar-refractivity contribution in [1.29, 1.82) is 0 Å². The van der Waals surface area contributed by atoms with Crippen LogP contribution in [-0.2, 0) is 29.0 Å². The number of benzene rings is 3. The van der Waals surface area contributed by atoms with Gasteiger partial charge in [0.15, 0.2) is 0 Å². The van der Waals surface area contributed by atoms with Gasteiger partial charge in [-0.3, -0.25) is 9.59 Å². The van der Waals surface area contributed by atoms with E-state index in [-0.39, 0.29) is 24.8 Å². The fourth-order valence-corrected chi connectivity index (χ4v) is 3.88. The van der Waals surface area contributed by atoms with E-state index in [0.29, 0.717) is 18.5 Å². The predicted octanol–water partition coefficient (Wildman–Crippen LogP) is 5.30. The second-order valence-corrected chi connectivity index (χ2v) is 8.83. The van der Waals surface area contributed by atoms with Crippen LogP contribution < -0.4 is 5.32 Å². The first kappa shape index (κ1) is 24.6. The van der Waals surface area contributed by atoms with Crippen molar-refractivity contribution in [3.05, 3.63) is 106 Å². The molecule has 1 N–H and O–H groups in total. The molecule has 1 atom stereocenters. The lowest BCUT2D eigenvalue weighted by Gasteiger charge is -2.31. The predicted molar refractivity (Wildman–Crippen MR) is 132 cm³/mol. The zero-order chi connectivity index (χ0) is 23.6. The fourth-order valence-electron chi connectivity index (χ4n) is 3.61. The van der Waals surface area contributed by atoms with Crippen molar-refractivity contribution >= 4 is 27.7 Å². The van der Waals surface area contributed by atoms with Crippen LogP contribution in [0.3, 0.4) is 0 Å². The van der Waals surface area contributed by atoms with E-state index in [9.17, 15) is 14.0 Å². The van der Waals surface area contributed by atoms with Crippen LogP contribution in [0.4, 0.5) is 4.39 Å². The van der Waals surface area contributed by atoms with E-state index >= 15 is 0 Å². The molecule has 4 nitrogen and oxygen atoms in total. The van der Waals surface area contributed by atoms with Crippen LogP contribution in [0.1, 0.15) is 30.0 Å². The summed E-state index contributed by atoms with van der Waals surface area (Å²) in [5, 5.41) is 2.94. The summed E-state index contributed by atoms with van der Waals surface area (Å²) >= 11 is 3.43. The normalized spacial score (nSPS) is 11.6. The minimum Gasteiger partial charge on any atom is -0.354 e. The molecule has 0 aliphatic carbocycles. The molecule has 0 aliphatic heterocycles. The highest BCUT2D eigenvalue weighted by Crippen LogP contribution is 2.19. The van der Waals surface area contributed by atoms with E-state index in [2.05, 4.69) is 21.2 Å². The number of amides is 2. The maximum atomic E-state index is 14.3. The van der Waals surface area contributed by atoms with Gasteiger partial charge in [0.25, 0.3) is 0 Å². The summed E-state index contributed by atoms with van der Waals surface area (Å²) in [5.41, 5.74) is 2.16. The molecule has 0 spiro atoms. The first-order valence-corrected chi connectivity index (χ1v) is 11.9. The van der Waals surface area contributed by atoms with Crippen molar-refractivity contribution in [2.75, 3.05) is 6.54 Å². The van der Waals surface area contributed by atoms with Crippen molar-refractivity contribution in [3.8, 4) is 0 Å². The molecule has 0 aliphatic rings. The largest absolute Gasteiger partial charge is 0.354 e. The molecule has 3 rings (SSSR count). The third kappa shape index (κ3) is 7.26. The number of hydrogen-bond acceptors (Lipinski definition) is 2. The minimum atomic E-state index is -0.720. The second kappa shape index (κ2) is 12.3. The molecule has 0 saturated carbocycles. The molecule has 0 bridgehead atoms. The summed E-state index contributed by atoms with van der Waals surface area (Å²) in [6.45, 7) is 2.75. The Morgan fingerprint density at radius 3 is 2.27 bits per heavy atom. The maximum Gasteiger partial charge on any atom is 0.243 e. The van der Waals surface area contributed by atoms with E-state index in [0.717, 1.165) is 22.0 Å². The summed E-state index contributed by atoms with van der Waals surface area (Å²) < 4.78 is 15.2. The Bertz CT molecular complexity index is 1060. The summed E-state index contributed by atoms with van der Waals surface area (Å²) in [7, 11) is 0. The van der Waals surface area contributed by atoms with Crippen LogP contribution >= 0.6 is 15.9 Å². The van der Waals surface area contributed by atoms with E-state index in [1.165, 1.54) is 6.07 Å². The van der Waals surface area contributed by atoms with Gasteiger partial charge in [-0.05, 0) is 41.3 Å². The number of nitrogens with zero attached hydrogens (tertiary/aromatic N) is 1. The van der Waals surface area contributed by atoms with Gasteiger partial charge >= 0.3 is 0 Å². The molecule has 172 valence electrons. The number of rotatable bonds is 10. The standard InChI is InChI=1S/C27H28BrFN2O2/c1-2-16-30-27(33)25(17-20-8-4-3-5-9-20)31(19-21-12-14-23(28)15-13-21)26(32)18-22-10-6-7-11-24(22)29/h3-15,25H,2,16-19H2,1H3,(H,30,33)/t25-/m0/s1. The molecule has 0 radical (unpaired) electrons. The van der Waals surface area contributed by atoms with E-state index in [1.54, 1.807) is 23.1 Å². The van der Waals surface area contributed by atoms with Crippen molar-refractivity contribution in [2.24, 2.45) is 0 Å². The number of carbonyl (C=O) groups is 2. The Hall–Kier alpha value is -2.99. The lowest BCUT2D eigenvalue weighted by Crippen LogP contribution is -2.51. The van der Waals surface area contributed by atoms with Gasteiger partial charge in [-0.15, -0.1) is 0 Å². The number of hydrogen-bond donors (Lipinski definition) is 1. The van der Waals surface area contributed by atoms with Gasteiger partial charge in [-0.2, -0.15) is 0 Å². The molecular weight excluding hydrogens is 483 g/mol. The second-order valence-electron chi connectivity index (χ2n) is 7.91. The smallest absolute Gasteiger partial charge is 0.243 e. The minimum absolute atomic E-state index is 0.116. The Morgan fingerprint density at radius 2 is 1.61 bits per heavy atom. The monoisotopic (exact) mass is 510 g/mol. The quantitative estimate of drug-likeness (QED) is 0.402. The van der Waals surface area contributed by atoms with Gasteiger partial charge in [0.05, 0.1) is 6.42 Å². The van der Waals surface area contributed by atoms with Gasteiger partial charge in [0.2, 0.25) is 11.8 Å². The van der Waals surface area contributed by atoms with Crippen molar-refractivity contribution in [1.82, 2.24) is 10.2 Å². The first-order valence-electron chi connectivity index (χ1n) is 11.1. The van der Waals surface area contributed by atoms with Gasteiger partial charge in [0.1, 0.15) is 11.9 Å². The highest BCUT2D eigenvalue weighted by molar-refractivity contribution is 9.10. The summed E-state index contributed by atoms with van der Waals surface area (Å²) in [5.74, 6) is -0.931. The molecule has 0 fully saturated rings. The van der Waals surface area contributed by atoms with Gasteiger partial charge in [0, 0.05) is 24.0 Å². The Kier molecular flexibility index (Phi) is 9.19. The zero-order valence-corrected chi connectivity index (χ0v) is 20.2. The van der Waals surface area contributed by atoms with E-state index in [4.69, 9.17) is 0 Å². The Balaban J connectivity index is 1.95. The summed E-state index contributed by atoms with van der Waals surface area (Å²) in [6, 6.07) is 22.8. The van der Waals surface area contributed by atoms with Crippen LogP contribution in [0.15, 0.2) is 83.3 Å². The molecule has 0 unspecified atom stereocenters. The third-order valence-corrected chi connectivity index (χ3v) is 5.91. The van der Waals surface area contributed by atoms with Crippen molar-refractivity contribution in [2.45, 2.75) is 38.8 Å². The van der Waals surface area contributed by atoms with Crippen LogP contribution in [0, 0.1) is 5.82 Å². The molecular formula is C27H28BrFN2O2. The van der Waals surface area contributed by atoms with Crippen molar-refractivity contribution in [3.63, 3.8) is 0 Å². The molecule has 3 aromatic rings. The van der Waals surface area contributed by atoms with Gasteiger partial charge < -0.3 is 10.2 Å². The molecule has 0 heterocycles. The van der Waals surface area contributed by atoms with Crippen LogP contribution in [-0.4, -0.2) is 29.3 Å². The topological polar surface area (TPSA) is 49.4 Å². The lowest BCUT2D eigenvalue weighted by atomic mass is 10.0. The molecule has 3 aromatic carbocycles. The van der Waals surface area contributed by atoms with Gasteiger partial charge in [-0.25, -0.2) is 4.39 Å². The Labute approximate surface area is 202 Å². The highest BCUT2D eigenvalue weighted by Gasteiger charge is 2.30. The molecule has 2 amide bonds. The summed E-state index contributed by atoms with van der Waals surface area (Å²) in [6.07, 6.45) is 1.05. The Morgan fingerprint density at radius 1 is 0.939 bits per heavy atom. The SMILES string of the molecule is CCCNC(=O)[C@H](Cc1ccccc1)N(Cc1ccc(Br)cc1)C(=O)Cc1ccccc1F. The molecule has 0 aromatic heterocycles. The third-order valence-electron chi connectivity index (χ3n) is 5.39.